The maximum atomic E-state index is 11.0. The predicted molar refractivity (Wildman–Crippen MR) is 44.7 cm³/mol. The van der Waals surface area contributed by atoms with E-state index >= 15 is 0 Å². The highest BCUT2D eigenvalue weighted by Crippen LogP contribution is 2.11. The molecular weight excluding hydrogens is 156 g/mol. The Morgan fingerprint density at radius 2 is 2.25 bits per heavy atom. The molecule has 1 saturated heterocycles. The van der Waals surface area contributed by atoms with Gasteiger partial charge < -0.3 is 10.1 Å². The molecule has 1 heterocycles. The second kappa shape index (κ2) is 3.23. The molecule has 12 heavy (non-hydrogen) atoms. The zero-order valence-electron chi connectivity index (χ0n) is 7.46. The topological polar surface area (TPSA) is 49.4 Å². The Morgan fingerprint density at radius 1 is 1.58 bits per heavy atom. The fraction of sp³-hybridized carbons (Fsp3) is 0.750. The van der Waals surface area contributed by atoms with Crippen molar-refractivity contribution in [1.29, 1.82) is 0 Å². The molecule has 4 heteroatoms. The largest absolute Gasteiger partial charge is 0.354 e. The molecule has 68 valence electrons. The van der Waals surface area contributed by atoms with Crippen LogP contribution in [0.4, 0.5) is 0 Å². The lowest BCUT2D eigenvalue weighted by molar-refractivity contribution is -0.128. The van der Waals surface area contributed by atoms with Crippen LogP contribution in [-0.2, 0) is 9.59 Å². The van der Waals surface area contributed by atoms with Crippen LogP contribution in [0.15, 0.2) is 0 Å². The van der Waals surface area contributed by atoms with Gasteiger partial charge in [0.05, 0.1) is 12.1 Å². The summed E-state index contributed by atoms with van der Waals surface area (Å²) in [6.07, 6.45) is 0.881. The first-order valence-electron chi connectivity index (χ1n) is 4.04. The third kappa shape index (κ3) is 1.82. The molecular formula is C8H14N2O2. The first-order valence-corrected chi connectivity index (χ1v) is 4.04. The third-order valence-corrected chi connectivity index (χ3v) is 2.14. The molecule has 1 fully saturated rings. The number of piperazine rings is 1. The van der Waals surface area contributed by atoms with E-state index in [0.717, 1.165) is 12.8 Å². The molecule has 1 amide bonds. The number of carbonyl (C=O) groups excluding carboxylic acids is 2. The van der Waals surface area contributed by atoms with Crippen molar-refractivity contribution in [3.63, 3.8) is 0 Å². The molecule has 0 unspecified atom stereocenters. The summed E-state index contributed by atoms with van der Waals surface area (Å²) in [5.41, 5.74) is -0.516. The molecule has 0 radical (unpaired) electrons. The van der Waals surface area contributed by atoms with Gasteiger partial charge in [0.25, 0.3) is 0 Å². The Bertz CT molecular complexity index is 201. The van der Waals surface area contributed by atoms with Crippen molar-refractivity contribution in [3.05, 3.63) is 0 Å². The summed E-state index contributed by atoms with van der Waals surface area (Å²) in [5.74, 6) is -0.00354. The summed E-state index contributed by atoms with van der Waals surface area (Å²) in [5, 5.41) is 2.71. The first kappa shape index (κ1) is 9.19. The van der Waals surface area contributed by atoms with E-state index in [1.807, 2.05) is 18.7 Å². The number of hydrogen-bond acceptors (Lipinski definition) is 3. The maximum absolute atomic E-state index is 11.0. The summed E-state index contributed by atoms with van der Waals surface area (Å²) in [4.78, 5) is 23.5. The summed E-state index contributed by atoms with van der Waals surface area (Å²) in [6.45, 7) is 5.34. The summed E-state index contributed by atoms with van der Waals surface area (Å²) < 4.78 is 0. The van der Waals surface area contributed by atoms with Gasteiger partial charge in [-0.3, -0.25) is 9.69 Å². The fourth-order valence-electron chi connectivity index (χ4n) is 1.21. The van der Waals surface area contributed by atoms with Gasteiger partial charge in [0.1, 0.15) is 6.29 Å². The molecule has 0 aromatic rings. The van der Waals surface area contributed by atoms with Crippen molar-refractivity contribution >= 4 is 12.2 Å². The Balaban J connectivity index is 2.62. The van der Waals surface area contributed by atoms with Gasteiger partial charge in [-0.25, -0.2) is 0 Å². The highest BCUT2D eigenvalue weighted by atomic mass is 16.2. The van der Waals surface area contributed by atoms with Crippen LogP contribution in [-0.4, -0.2) is 42.3 Å². The van der Waals surface area contributed by atoms with Crippen LogP contribution in [0.5, 0.6) is 0 Å². The average Bonchev–Trinajstić information content (AvgIpc) is 2.05. The van der Waals surface area contributed by atoms with Crippen LogP contribution in [0, 0.1) is 0 Å². The molecule has 0 atom stereocenters. The molecule has 1 aliphatic rings. The van der Waals surface area contributed by atoms with Crippen LogP contribution in [0.25, 0.3) is 0 Å². The number of hydrogen-bond donors (Lipinski definition) is 1. The lowest BCUT2D eigenvalue weighted by Gasteiger charge is -2.36. The maximum Gasteiger partial charge on any atom is 0.234 e. The minimum Gasteiger partial charge on any atom is -0.354 e. The summed E-state index contributed by atoms with van der Waals surface area (Å²) in [7, 11) is 0. The lowest BCUT2D eigenvalue weighted by atomic mass is 10.0. The fourth-order valence-corrected chi connectivity index (χ4v) is 1.21. The predicted octanol–water partition coefficient (Wildman–Crippen LogP) is -0.604. The van der Waals surface area contributed by atoms with Crippen molar-refractivity contribution in [1.82, 2.24) is 10.2 Å². The van der Waals surface area contributed by atoms with Crippen molar-refractivity contribution in [2.24, 2.45) is 0 Å². The second-order valence-corrected chi connectivity index (χ2v) is 3.54. The van der Waals surface area contributed by atoms with Crippen molar-refractivity contribution in [2.45, 2.75) is 19.4 Å². The van der Waals surface area contributed by atoms with E-state index in [1.54, 1.807) is 0 Å². The van der Waals surface area contributed by atoms with Crippen LogP contribution in [0.1, 0.15) is 13.8 Å². The van der Waals surface area contributed by atoms with Gasteiger partial charge >= 0.3 is 0 Å². The Kier molecular flexibility index (Phi) is 2.47. The molecule has 0 aromatic carbocycles. The van der Waals surface area contributed by atoms with Crippen LogP contribution < -0.4 is 5.32 Å². The van der Waals surface area contributed by atoms with Crippen LogP contribution in [0.3, 0.4) is 0 Å². The van der Waals surface area contributed by atoms with E-state index in [1.165, 1.54) is 0 Å². The zero-order chi connectivity index (χ0) is 9.19. The van der Waals surface area contributed by atoms with Gasteiger partial charge in [0, 0.05) is 13.1 Å². The monoisotopic (exact) mass is 170 g/mol. The molecule has 1 rings (SSSR count). The third-order valence-electron chi connectivity index (χ3n) is 2.14. The SMILES string of the molecule is CC(C)(C=O)N1CCNC(=O)C1. The highest BCUT2D eigenvalue weighted by Gasteiger charge is 2.29. The Hall–Kier alpha value is -0.900. The minimum absolute atomic E-state index is 0.00354. The molecule has 1 aliphatic heterocycles. The van der Waals surface area contributed by atoms with Gasteiger partial charge in [-0.15, -0.1) is 0 Å². The van der Waals surface area contributed by atoms with E-state index in [4.69, 9.17) is 0 Å². The normalized spacial score (nSPS) is 20.3. The van der Waals surface area contributed by atoms with Gasteiger partial charge in [0.2, 0.25) is 5.91 Å². The highest BCUT2D eigenvalue weighted by molar-refractivity contribution is 5.79. The Labute approximate surface area is 71.9 Å². The standard InChI is InChI=1S/C8H14N2O2/c1-8(2,6-11)10-4-3-9-7(12)5-10/h6H,3-5H2,1-2H3,(H,9,12). The van der Waals surface area contributed by atoms with Gasteiger partial charge in [0.15, 0.2) is 0 Å². The van der Waals surface area contributed by atoms with Crippen LogP contribution >= 0.6 is 0 Å². The van der Waals surface area contributed by atoms with Crippen molar-refractivity contribution in [2.75, 3.05) is 19.6 Å². The van der Waals surface area contributed by atoms with Gasteiger partial charge in [-0.2, -0.15) is 0 Å². The second-order valence-electron chi connectivity index (χ2n) is 3.54. The molecule has 0 saturated carbocycles. The number of nitrogens with zero attached hydrogens (tertiary/aromatic N) is 1. The number of nitrogens with one attached hydrogen (secondary N) is 1. The number of rotatable bonds is 2. The molecule has 0 aliphatic carbocycles. The number of carbonyl (C=O) groups is 2. The quantitative estimate of drug-likeness (QED) is 0.563. The molecule has 1 N–H and O–H groups in total. The van der Waals surface area contributed by atoms with Crippen LogP contribution in [0.2, 0.25) is 0 Å². The van der Waals surface area contributed by atoms with E-state index < -0.39 is 5.54 Å². The minimum atomic E-state index is -0.516. The summed E-state index contributed by atoms with van der Waals surface area (Å²) in [6, 6.07) is 0. The average molecular weight is 170 g/mol. The number of aldehydes is 1. The van der Waals surface area contributed by atoms with Crippen molar-refractivity contribution in [3.8, 4) is 0 Å². The van der Waals surface area contributed by atoms with Gasteiger partial charge in [-0.05, 0) is 13.8 Å². The molecule has 0 spiro atoms. The Morgan fingerprint density at radius 3 is 2.75 bits per heavy atom. The smallest absolute Gasteiger partial charge is 0.234 e. The summed E-state index contributed by atoms with van der Waals surface area (Å²) >= 11 is 0. The lowest BCUT2D eigenvalue weighted by Crippen LogP contribution is -2.56. The van der Waals surface area contributed by atoms with Gasteiger partial charge in [-0.1, -0.05) is 0 Å². The van der Waals surface area contributed by atoms with E-state index in [-0.39, 0.29) is 5.91 Å². The van der Waals surface area contributed by atoms with Crippen molar-refractivity contribution < 1.29 is 9.59 Å². The van der Waals surface area contributed by atoms with E-state index in [9.17, 15) is 9.59 Å². The molecule has 4 nitrogen and oxygen atoms in total. The molecule has 0 bridgehead atoms. The number of amides is 1. The van der Waals surface area contributed by atoms with E-state index in [0.29, 0.717) is 13.1 Å². The molecule has 0 aromatic heterocycles. The first-order chi connectivity index (χ1) is 5.56. The zero-order valence-corrected chi connectivity index (χ0v) is 7.46. The van der Waals surface area contributed by atoms with E-state index in [2.05, 4.69) is 5.32 Å².